The number of nitrogens with zero attached hydrogens (tertiary/aromatic N) is 3. The van der Waals surface area contributed by atoms with Gasteiger partial charge in [-0.05, 0) is 42.5 Å². The number of hydrogen-bond donors (Lipinski definition) is 0. The van der Waals surface area contributed by atoms with Gasteiger partial charge < -0.3 is 0 Å². The molecule has 0 aliphatic carbocycles. The quantitative estimate of drug-likeness (QED) is 0.473. The first-order valence-corrected chi connectivity index (χ1v) is 7.03. The minimum Gasteiger partial charge on any atom is -0.296 e. The highest BCUT2D eigenvalue weighted by molar-refractivity contribution is 5.86. The van der Waals surface area contributed by atoms with Crippen LogP contribution in [0.5, 0.6) is 0 Å². The smallest absolute Gasteiger partial charge is 0.296 e. The van der Waals surface area contributed by atoms with Crippen molar-refractivity contribution in [1.82, 2.24) is 14.4 Å². The van der Waals surface area contributed by atoms with Crippen molar-refractivity contribution in [3.63, 3.8) is 0 Å². The van der Waals surface area contributed by atoms with E-state index in [4.69, 9.17) is 0 Å². The summed E-state index contributed by atoms with van der Waals surface area (Å²) in [5.74, 6) is -0.404. The van der Waals surface area contributed by atoms with Crippen molar-refractivity contribution in [2.45, 2.75) is 6.18 Å². The van der Waals surface area contributed by atoms with Gasteiger partial charge in [-0.15, -0.1) is 0 Å². The highest BCUT2D eigenvalue weighted by Gasteiger charge is 2.30. The van der Waals surface area contributed by atoms with E-state index in [9.17, 15) is 17.6 Å². The van der Waals surface area contributed by atoms with Crippen LogP contribution in [-0.4, -0.2) is 14.4 Å². The lowest BCUT2D eigenvalue weighted by Gasteiger charge is -2.11. The molecule has 120 valence electrons. The van der Waals surface area contributed by atoms with Crippen molar-refractivity contribution in [1.29, 1.82) is 0 Å². The first-order chi connectivity index (χ1) is 11.4. The average Bonchev–Trinajstić information content (AvgIpc) is 3.03. The predicted molar refractivity (Wildman–Crippen MR) is 80.9 cm³/mol. The van der Waals surface area contributed by atoms with Crippen LogP contribution in [0, 0.1) is 5.82 Å². The Bertz CT molecular complexity index is 1050. The number of imidazole rings is 1. The van der Waals surface area contributed by atoms with Gasteiger partial charge in [-0.25, -0.2) is 14.4 Å². The van der Waals surface area contributed by atoms with Crippen LogP contribution in [0.15, 0.2) is 54.9 Å². The monoisotopic (exact) mass is 331 g/mol. The second-order valence-electron chi connectivity index (χ2n) is 5.29. The van der Waals surface area contributed by atoms with Crippen molar-refractivity contribution in [3.8, 4) is 11.3 Å². The van der Waals surface area contributed by atoms with E-state index in [-0.39, 0.29) is 5.52 Å². The zero-order valence-corrected chi connectivity index (χ0v) is 12.0. The Kier molecular flexibility index (Phi) is 3.06. The SMILES string of the molecule is Fc1ccc(-c2nc3cc(C(F)(F)F)ccc3n3ccnc23)cc1. The van der Waals surface area contributed by atoms with Gasteiger partial charge in [-0.1, -0.05) is 0 Å². The van der Waals surface area contributed by atoms with Gasteiger partial charge in [0.05, 0.1) is 16.6 Å². The first kappa shape index (κ1) is 14.6. The van der Waals surface area contributed by atoms with E-state index in [1.165, 1.54) is 30.3 Å². The van der Waals surface area contributed by atoms with E-state index < -0.39 is 17.6 Å². The fraction of sp³-hybridized carbons (Fsp3) is 0.0588. The van der Waals surface area contributed by atoms with E-state index in [2.05, 4.69) is 9.97 Å². The lowest BCUT2D eigenvalue weighted by molar-refractivity contribution is -0.137. The molecule has 0 bridgehead atoms. The maximum absolute atomic E-state index is 13.1. The Morgan fingerprint density at radius 3 is 2.42 bits per heavy atom. The van der Waals surface area contributed by atoms with Crippen LogP contribution in [0.4, 0.5) is 17.6 Å². The molecule has 4 rings (SSSR count). The van der Waals surface area contributed by atoms with Crippen LogP contribution in [0.3, 0.4) is 0 Å². The Hall–Kier alpha value is -2.96. The van der Waals surface area contributed by atoms with Crippen LogP contribution in [0.25, 0.3) is 27.9 Å². The van der Waals surface area contributed by atoms with Crippen molar-refractivity contribution in [2.75, 3.05) is 0 Å². The molecular weight excluding hydrogens is 322 g/mol. The van der Waals surface area contributed by atoms with Gasteiger partial charge in [0, 0.05) is 18.0 Å². The largest absolute Gasteiger partial charge is 0.416 e. The van der Waals surface area contributed by atoms with Crippen molar-refractivity contribution >= 4 is 16.7 Å². The van der Waals surface area contributed by atoms with E-state index in [0.717, 1.165) is 12.1 Å². The van der Waals surface area contributed by atoms with E-state index in [1.54, 1.807) is 16.8 Å². The summed E-state index contributed by atoms with van der Waals surface area (Å²) in [5, 5.41) is 0. The highest BCUT2D eigenvalue weighted by Crippen LogP contribution is 2.32. The van der Waals surface area contributed by atoms with Gasteiger partial charge in [-0.3, -0.25) is 4.40 Å². The molecule has 4 aromatic rings. The third-order valence-electron chi connectivity index (χ3n) is 3.76. The van der Waals surface area contributed by atoms with Crippen molar-refractivity contribution in [3.05, 3.63) is 66.2 Å². The Morgan fingerprint density at radius 1 is 0.958 bits per heavy atom. The normalized spacial score (nSPS) is 12.2. The Labute approximate surface area is 133 Å². The van der Waals surface area contributed by atoms with Gasteiger partial charge >= 0.3 is 6.18 Å². The van der Waals surface area contributed by atoms with Crippen LogP contribution in [0.2, 0.25) is 0 Å². The summed E-state index contributed by atoms with van der Waals surface area (Å²) >= 11 is 0. The molecule has 0 spiro atoms. The molecule has 0 saturated heterocycles. The highest BCUT2D eigenvalue weighted by atomic mass is 19.4. The average molecular weight is 331 g/mol. The molecule has 0 radical (unpaired) electrons. The second-order valence-corrected chi connectivity index (χ2v) is 5.29. The molecule has 24 heavy (non-hydrogen) atoms. The molecule has 2 aromatic carbocycles. The third-order valence-corrected chi connectivity index (χ3v) is 3.76. The minimum absolute atomic E-state index is 0.189. The first-order valence-electron chi connectivity index (χ1n) is 7.03. The van der Waals surface area contributed by atoms with Crippen LogP contribution in [-0.2, 0) is 6.18 Å². The van der Waals surface area contributed by atoms with E-state index in [0.29, 0.717) is 22.4 Å². The summed E-state index contributed by atoms with van der Waals surface area (Å²) in [6.07, 6.45) is -1.25. The van der Waals surface area contributed by atoms with Gasteiger partial charge in [0.25, 0.3) is 0 Å². The molecule has 0 saturated carbocycles. The standard InChI is InChI=1S/C17H9F4N3/c18-12-4-1-10(2-5-12)15-16-22-7-8-24(16)14-6-3-11(17(19,20)21)9-13(14)23-15/h1-9H. The number of hydrogen-bond acceptors (Lipinski definition) is 2. The molecule has 0 amide bonds. The maximum Gasteiger partial charge on any atom is 0.416 e. The van der Waals surface area contributed by atoms with Gasteiger partial charge in [0.15, 0.2) is 5.65 Å². The molecule has 7 heteroatoms. The van der Waals surface area contributed by atoms with Crippen LogP contribution >= 0.6 is 0 Å². The number of alkyl halides is 3. The van der Waals surface area contributed by atoms with Gasteiger partial charge in [0.1, 0.15) is 11.5 Å². The molecule has 0 aliphatic rings. The number of rotatable bonds is 1. The second kappa shape index (κ2) is 5.02. The minimum atomic E-state index is -4.45. The number of benzene rings is 2. The molecule has 2 aromatic heterocycles. The zero-order chi connectivity index (χ0) is 16.9. The maximum atomic E-state index is 13.1. The van der Waals surface area contributed by atoms with Crippen LogP contribution < -0.4 is 0 Å². The Balaban J connectivity index is 2.04. The lowest BCUT2D eigenvalue weighted by atomic mass is 10.1. The summed E-state index contributed by atoms with van der Waals surface area (Å²) in [7, 11) is 0. The summed E-state index contributed by atoms with van der Waals surface area (Å²) in [5.41, 5.74) is 1.40. The fourth-order valence-electron chi connectivity index (χ4n) is 2.64. The topological polar surface area (TPSA) is 30.2 Å². The molecule has 0 aliphatic heterocycles. The number of fused-ring (bicyclic) bond motifs is 3. The Morgan fingerprint density at radius 2 is 1.71 bits per heavy atom. The van der Waals surface area contributed by atoms with Crippen molar-refractivity contribution in [2.24, 2.45) is 0 Å². The zero-order valence-electron chi connectivity index (χ0n) is 12.0. The molecular formula is C17H9F4N3. The molecule has 3 nitrogen and oxygen atoms in total. The van der Waals surface area contributed by atoms with Gasteiger partial charge in [0.2, 0.25) is 0 Å². The summed E-state index contributed by atoms with van der Waals surface area (Å²) in [6.45, 7) is 0. The van der Waals surface area contributed by atoms with Crippen LogP contribution in [0.1, 0.15) is 5.56 Å². The molecule has 0 atom stereocenters. The number of halogens is 4. The predicted octanol–water partition coefficient (Wildman–Crippen LogP) is 4.71. The molecule has 0 N–H and O–H groups in total. The molecule has 2 heterocycles. The molecule has 0 unspecified atom stereocenters. The summed E-state index contributed by atoms with van der Waals surface area (Å²) in [4.78, 5) is 8.57. The van der Waals surface area contributed by atoms with E-state index >= 15 is 0 Å². The van der Waals surface area contributed by atoms with Gasteiger partial charge in [-0.2, -0.15) is 13.2 Å². The van der Waals surface area contributed by atoms with Crippen molar-refractivity contribution < 1.29 is 17.6 Å². The summed E-state index contributed by atoms with van der Waals surface area (Å²) in [6, 6.07) is 8.97. The summed E-state index contributed by atoms with van der Waals surface area (Å²) < 4.78 is 53.6. The van der Waals surface area contributed by atoms with E-state index in [1.807, 2.05) is 0 Å². The fourth-order valence-corrected chi connectivity index (χ4v) is 2.64. The number of aromatic nitrogens is 3. The molecule has 0 fully saturated rings. The lowest BCUT2D eigenvalue weighted by Crippen LogP contribution is -2.05. The third kappa shape index (κ3) is 2.29.